The molecule has 0 spiro atoms. The molecule has 2 heteroatoms. The molecule has 1 aliphatic rings. The van der Waals surface area contributed by atoms with Crippen molar-refractivity contribution >= 4 is 12.6 Å². The minimum atomic E-state index is 0.536. The fourth-order valence-corrected chi connectivity index (χ4v) is 2.89. The van der Waals surface area contributed by atoms with E-state index >= 15 is 0 Å². The van der Waals surface area contributed by atoms with Crippen LogP contribution in [-0.2, 0) is 4.74 Å². The summed E-state index contributed by atoms with van der Waals surface area (Å²) in [6, 6.07) is 0. The third-order valence-electron chi connectivity index (χ3n) is 4.14. The summed E-state index contributed by atoms with van der Waals surface area (Å²) in [5, 5.41) is 0. The average molecular weight is 244 g/mol. The Morgan fingerprint density at radius 1 is 1.19 bits per heavy atom. The molecule has 0 heterocycles. The second-order valence-corrected chi connectivity index (χ2v) is 6.11. The van der Waals surface area contributed by atoms with Gasteiger partial charge >= 0.3 is 0 Å². The lowest BCUT2D eigenvalue weighted by molar-refractivity contribution is -0.00230. The van der Waals surface area contributed by atoms with Gasteiger partial charge in [0.25, 0.3) is 0 Å². The van der Waals surface area contributed by atoms with E-state index in [0.717, 1.165) is 30.1 Å². The smallest absolute Gasteiger partial charge is 0.0577 e. The molecule has 0 radical (unpaired) electrons. The van der Waals surface area contributed by atoms with E-state index in [1.54, 1.807) is 0 Å². The first-order chi connectivity index (χ1) is 7.63. The Hall–Kier alpha value is 0.310. The quantitative estimate of drug-likeness (QED) is 0.690. The van der Waals surface area contributed by atoms with Crippen LogP contribution in [0.3, 0.4) is 0 Å². The maximum atomic E-state index is 5.99. The van der Waals surface area contributed by atoms with Gasteiger partial charge in [-0.1, -0.05) is 20.8 Å². The van der Waals surface area contributed by atoms with Gasteiger partial charge in [0.2, 0.25) is 0 Å². The Morgan fingerprint density at radius 3 is 2.56 bits per heavy atom. The van der Waals surface area contributed by atoms with Gasteiger partial charge in [-0.2, -0.15) is 12.6 Å². The van der Waals surface area contributed by atoms with E-state index in [4.69, 9.17) is 4.74 Å². The highest BCUT2D eigenvalue weighted by atomic mass is 32.1. The van der Waals surface area contributed by atoms with E-state index in [0.29, 0.717) is 6.10 Å². The van der Waals surface area contributed by atoms with Crippen LogP contribution in [0, 0.1) is 17.8 Å². The first kappa shape index (κ1) is 14.4. The molecule has 4 atom stereocenters. The molecule has 0 aromatic heterocycles. The van der Waals surface area contributed by atoms with Gasteiger partial charge in [0.05, 0.1) is 6.10 Å². The normalized spacial score (nSPS) is 32.6. The largest absolute Gasteiger partial charge is 0.378 e. The Bertz CT molecular complexity index is 184. The van der Waals surface area contributed by atoms with Crippen molar-refractivity contribution in [1.29, 1.82) is 0 Å². The molecule has 0 saturated heterocycles. The monoisotopic (exact) mass is 244 g/mol. The zero-order valence-electron chi connectivity index (χ0n) is 11.1. The lowest BCUT2D eigenvalue weighted by atomic mass is 9.80. The van der Waals surface area contributed by atoms with Crippen molar-refractivity contribution in [1.82, 2.24) is 0 Å². The van der Waals surface area contributed by atoms with Crippen molar-refractivity contribution in [2.24, 2.45) is 17.8 Å². The zero-order chi connectivity index (χ0) is 12.0. The van der Waals surface area contributed by atoms with Crippen LogP contribution in [0.2, 0.25) is 0 Å². The molecular formula is C14H28OS. The predicted molar refractivity (Wildman–Crippen MR) is 74.2 cm³/mol. The highest BCUT2D eigenvalue weighted by molar-refractivity contribution is 7.80. The topological polar surface area (TPSA) is 9.23 Å². The van der Waals surface area contributed by atoms with Gasteiger partial charge in [0.1, 0.15) is 0 Å². The summed E-state index contributed by atoms with van der Waals surface area (Å²) >= 11 is 4.26. The number of rotatable bonds is 6. The Kier molecular flexibility index (Phi) is 6.83. The average Bonchev–Trinajstić information content (AvgIpc) is 2.24. The van der Waals surface area contributed by atoms with Gasteiger partial charge in [0.15, 0.2) is 0 Å². The summed E-state index contributed by atoms with van der Waals surface area (Å²) in [5.41, 5.74) is 0. The van der Waals surface area contributed by atoms with Gasteiger partial charge in [-0.15, -0.1) is 0 Å². The van der Waals surface area contributed by atoms with Gasteiger partial charge in [-0.3, -0.25) is 0 Å². The molecule has 1 rings (SSSR count). The summed E-state index contributed by atoms with van der Waals surface area (Å²) in [4.78, 5) is 0. The van der Waals surface area contributed by atoms with E-state index in [2.05, 4.69) is 33.4 Å². The van der Waals surface area contributed by atoms with Crippen LogP contribution in [0.25, 0.3) is 0 Å². The van der Waals surface area contributed by atoms with Gasteiger partial charge in [-0.25, -0.2) is 0 Å². The Labute approximate surface area is 107 Å². The second kappa shape index (κ2) is 7.60. The standard InChI is InChI=1S/C14H28OS/c1-11(7-9-16)6-8-15-14-5-4-12(2)13(3)10-14/h11-14,16H,4-10H2,1-3H3. The first-order valence-electron chi connectivity index (χ1n) is 6.86. The van der Waals surface area contributed by atoms with E-state index in [1.165, 1.54) is 32.1 Å². The van der Waals surface area contributed by atoms with Crippen LogP contribution in [0.15, 0.2) is 0 Å². The Morgan fingerprint density at radius 2 is 1.94 bits per heavy atom. The minimum Gasteiger partial charge on any atom is -0.378 e. The van der Waals surface area contributed by atoms with E-state index in [9.17, 15) is 0 Å². The summed E-state index contributed by atoms with van der Waals surface area (Å²) in [5.74, 6) is 3.49. The molecule has 0 amide bonds. The summed E-state index contributed by atoms with van der Waals surface area (Å²) in [6.45, 7) is 7.98. The van der Waals surface area contributed by atoms with Crippen molar-refractivity contribution in [2.75, 3.05) is 12.4 Å². The zero-order valence-corrected chi connectivity index (χ0v) is 12.0. The highest BCUT2D eigenvalue weighted by Gasteiger charge is 2.24. The number of hydrogen-bond donors (Lipinski definition) is 1. The lowest BCUT2D eigenvalue weighted by Gasteiger charge is -2.32. The van der Waals surface area contributed by atoms with Crippen molar-refractivity contribution in [2.45, 2.75) is 59.0 Å². The van der Waals surface area contributed by atoms with Crippen molar-refractivity contribution in [3.63, 3.8) is 0 Å². The number of thiol groups is 1. The molecule has 0 bridgehead atoms. The van der Waals surface area contributed by atoms with Crippen LogP contribution in [0.1, 0.15) is 52.9 Å². The van der Waals surface area contributed by atoms with Crippen molar-refractivity contribution in [3.8, 4) is 0 Å². The molecule has 1 aliphatic carbocycles. The molecule has 4 unspecified atom stereocenters. The van der Waals surface area contributed by atoms with Crippen LogP contribution >= 0.6 is 12.6 Å². The molecule has 16 heavy (non-hydrogen) atoms. The molecule has 1 nitrogen and oxygen atoms in total. The number of hydrogen-bond acceptors (Lipinski definition) is 2. The maximum absolute atomic E-state index is 5.99. The molecule has 0 aromatic carbocycles. The fourth-order valence-electron chi connectivity index (χ4n) is 2.45. The third-order valence-corrected chi connectivity index (χ3v) is 4.39. The SMILES string of the molecule is CC(CCS)CCOC1CCC(C)C(C)C1. The molecule has 0 N–H and O–H groups in total. The summed E-state index contributed by atoms with van der Waals surface area (Å²) < 4.78 is 5.99. The predicted octanol–water partition coefficient (Wildman–Crippen LogP) is 4.17. The van der Waals surface area contributed by atoms with Gasteiger partial charge in [0, 0.05) is 6.61 Å². The first-order valence-corrected chi connectivity index (χ1v) is 7.49. The summed E-state index contributed by atoms with van der Waals surface area (Å²) in [6.07, 6.45) is 6.83. The van der Waals surface area contributed by atoms with E-state index < -0.39 is 0 Å². The molecular weight excluding hydrogens is 216 g/mol. The highest BCUT2D eigenvalue weighted by Crippen LogP contribution is 2.31. The van der Waals surface area contributed by atoms with Crippen LogP contribution in [0.5, 0.6) is 0 Å². The lowest BCUT2D eigenvalue weighted by Crippen LogP contribution is -2.27. The van der Waals surface area contributed by atoms with Gasteiger partial charge < -0.3 is 4.74 Å². The van der Waals surface area contributed by atoms with Crippen molar-refractivity contribution < 1.29 is 4.74 Å². The number of ether oxygens (including phenoxy) is 1. The van der Waals surface area contributed by atoms with Crippen LogP contribution in [0.4, 0.5) is 0 Å². The Balaban J connectivity index is 2.09. The van der Waals surface area contributed by atoms with Crippen LogP contribution in [-0.4, -0.2) is 18.5 Å². The maximum Gasteiger partial charge on any atom is 0.0577 e. The molecule has 0 aliphatic heterocycles. The third kappa shape index (κ3) is 5.09. The van der Waals surface area contributed by atoms with Crippen LogP contribution < -0.4 is 0 Å². The fraction of sp³-hybridized carbons (Fsp3) is 1.00. The molecule has 1 saturated carbocycles. The second-order valence-electron chi connectivity index (χ2n) is 5.67. The van der Waals surface area contributed by atoms with E-state index in [1.807, 2.05) is 0 Å². The summed E-state index contributed by atoms with van der Waals surface area (Å²) in [7, 11) is 0. The molecule has 0 aromatic rings. The minimum absolute atomic E-state index is 0.536. The van der Waals surface area contributed by atoms with Crippen molar-refractivity contribution in [3.05, 3.63) is 0 Å². The molecule has 96 valence electrons. The molecule has 1 fully saturated rings. The van der Waals surface area contributed by atoms with E-state index in [-0.39, 0.29) is 0 Å². The van der Waals surface area contributed by atoms with Gasteiger partial charge in [-0.05, 0) is 55.6 Å².